The van der Waals surface area contributed by atoms with Crippen molar-refractivity contribution in [2.24, 2.45) is 0 Å². The van der Waals surface area contributed by atoms with Crippen molar-refractivity contribution in [3.63, 3.8) is 0 Å². The van der Waals surface area contributed by atoms with Crippen LogP contribution in [0.1, 0.15) is 18.9 Å². The van der Waals surface area contributed by atoms with Crippen molar-refractivity contribution in [1.82, 2.24) is 14.9 Å². The second-order valence-electron chi connectivity index (χ2n) is 5.81. The maximum absolute atomic E-state index is 4.43. The van der Waals surface area contributed by atoms with Crippen molar-refractivity contribution in [3.05, 3.63) is 66.5 Å². The molecule has 3 rings (SSSR count). The van der Waals surface area contributed by atoms with E-state index >= 15 is 0 Å². The maximum Gasteiger partial charge on any atom is 0.0958 e. The van der Waals surface area contributed by atoms with E-state index in [2.05, 4.69) is 70.3 Å². The Morgan fingerprint density at radius 2 is 1.82 bits per heavy atom. The third-order valence-electron chi connectivity index (χ3n) is 4.08. The molecule has 0 aliphatic carbocycles. The van der Waals surface area contributed by atoms with E-state index in [-0.39, 0.29) is 0 Å². The third-order valence-corrected chi connectivity index (χ3v) is 4.08. The summed E-state index contributed by atoms with van der Waals surface area (Å²) in [5.74, 6) is 0. The molecular weight excluding hydrogens is 270 g/mol. The van der Waals surface area contributed by atoms with Gasteiger partial charge in [0.25, 0.3) is 0 Å². The lowest BCUT2D eigenvalue weighted by Crippen LogP contribution is -2.29. The van der Waals surface area contributed by atoms with E-state index in [0.717, 1.165) is 31.4 Å². The molecule has 0 saturated carbocycles. The van der Waals surface area contributed by atoms with E-state index in [4.69, 9.17) is 0 Å². The molecule has 1 atom stereocenters. The first-order valence-electron chi connectivity index (χ1n) is 8.00. The Bertz CT molecular complexity index is 703. The fraction of sp³-hybridized carbons (Fsp3) is 0.316. The highest BCUT2D eigenvalue weighted by Crippen LogP contribution is 2.11. The van der Waals surface area contributed by atoms with E-state index in [1.165, 1.54) is 11.1 Å². The molecule has 0 fully saturated rings. The molecule has 0 radical (unpaired) electrons. The second-order valence-corrected chi connectivity index (χ2v) is 5.81. The number of nitrogens with one attached hydrogen (secondary N) is 1. The topological polar surface area (TPSA) is 29.9 Å². The highest BCUT2D eigenvalue weighted by Gasteiger charge is 2.04. The molecule has 0 bridgehead atoms. The van der Waals surface area contributed by atoms with Crippen LogP contribution in [0.4, 0.5) is 0 Å². The van der Waals surface area contributed by atoms with Gasteiger partial charge < -0.3 is 9.88 Å². The van der Waals surface area contributed by atoms with Crippen LogP contribution in [0, 0.1) is 0 Å². The van der Waals surface area contributed by atoms with Crippen LogP contribution in [-0.4, -0.2) is 22.1 Å². The van der Waals surface area contributed by atoms with Crippen LogP contribution in [0.5, 0.6) is 0 Å². The molecule has 22 heavy (non-hydrogen) atoms. The zero-order valence-corrected chi connectivity index (χ0v) is 13.1. The smallest absolute Gasteiger partial charge is 0.0958 e. The minimum absolute atomic E-state index is 0.523. The van der Waals surface area contributed by atoms with E-state index in [1.807, 2.05) is 12.4 Å². The lowest BCUT2D eigenvalue weighted by atomic mass is 10.1. The Morgan fingerprint density at radius 3 is 2.68 bits per heavy atom. The summed E-state index contributed by atoms with van der Waals surface area (Å²) in [5.41, 5.74) is 3.69. The average molecular weight is 293 g/mol. The van der Waals surface area contributed by atoms with Crippen LogP contribution < -0.4 is 5.32 Å². The average Bonchev–Trinajstić information content (AvgIpc) is 2.97. The van der Waals surface area contributed by atoms with Gasteiger partial charge in [-0.2, -0.15) is 0 Å². The van der Waals surface area contributed by atoms with Gasteiger partial charge in [-0.25, -0.2) is 4.98 Å². The number of para-hydroxylation sites is 2. The Labute approximate surface area is 132 Å². The summed E-state index contributed by atoms with van der Waals surface area (Å²) < 4.78 is 2.21. The van der Waals surface area contributed by atoms with E-state index in [0.29, 0.717) is 6.04 Å². The van der Waals surface area contributed by atoms with Gasteiger partial charge >= 0.3 is 0 Å². The Balaban J connectivity index is 1.44. The van der Waals surface area contributed by atoms with Crippen molar-refractivity contribution in [2.45, 2.75) is 32.4 Å². The van der Waals surface area contributed by atoms with Crippen LogP contribution in [0.25, 0.3) is 11.0 Å². The monoisotopic (exact) mass is 293 g/mol. The van der Waals surface area contributed by atoms with Crippen LogP contribution in [0.3, 0.4) is 0 Å². The molecule has 0 aliphatic heterocycles. The number of fused-ring (bicyclic) bond motifs is 1. The number of hydrogen-bond donors (Lipinski definition) is 1. The summed E-state index contributed by atoms with van der Waals surface area (Å²) in [6.07, 6.45) is 4.22. The van der Waals surface area contributed by atoms with Crippen molar-refractivity contribution < 1.29 is 0 Å². The molecule has 0 spiro atoms. The van der Waals surface area contributed by atoms with Gasteiger partial charge in [-0.1, -0.05) is 42.5 Å². The van der Waals surface area contributed by atoms with Crippen LogP contribution in [0.15, 0.2) is 60.9 Å². The van der Waals surface area contributed by atoms with Crippen molar-refractivity contribution >= 4 is 11.0 Å². The van der Waals surface area contributed by atoms with Gasteiger partial charge in [0.05, 0.1) is 17.4 Å². The molecule has 3 aromatic rings. The van der Waals surface area contributed by atoms with Crippen molar-refractivity contribution in [3.8, 4) is 0 Å². The maximum atomic E-state index is 4.43. The molecule has 1 N–H and O–H groups in total. The molecule has 3 nitrogen and oxygen atoms in total. The van der Waals surface area contributed by atoms with Crippen LogP contribution in [-0.2, 0) is 13.0 Å². The molecule has 1 unspecified atom stereocenters. The highest BCUT2D eigenvalue weighted by molar-refractivity contribution is 5.74. The summed E-state index contributed by atoms with van der Waals surface area (Å²) in [7, 11) is 0. The molecule has 1 aromatic heterocycles. The van der Waals surface area contributed by atoms with Crippen LogP contribution >= 0.6 is 0 Å². The van der Waals surface area contributed by atoms with E-state index in [9.17, 15) is 0 Å². The third kappa shape index (κ3) is 3.74. The predicted octanol–water partition coefficient (Wildman–Crippen LogP) is 3.65. The second kappa shape index (κ2) is 7.23. The predicted molar refractivity (Wildman–Crippen MR) is 92.0 cm³/mol. The van der Waals surface area contributed by atoms with Crippen LogP contribution in [0.2, 0.25) is 0 Å². The largest absolute Gasteiger partial charge is 0.329 e. The number of nitrogens with zero attached hydrogens (tertiary/aromatic N) is 2. The lowest BCUT2D eigenvalue weighted by molar-refractivity contribution is 0.493. The zero-order chi connectivity index (χ0) is 15.2. The lowest BCUT2D eigenvalue weighted by Gasteiger charge is -2.14. The quantitative estimate of drug-likeness (QED) is 0.720. The minimum atomic E-state index is 0.523. The van der Waals surface area contributed by atoms with Gasteiger partial charge in [-0.3, -0.25) is 0 Å². The van der Waals surface area contributed by atoms with E-state index in [1.54, 1.807) is 0 Å². The number of hydrogen-bond acceptors (Lipinski definition) is 2. The van der Waals surface area contributed by atoms with Gasteiger partial charge in [-0.05, 0) is 37.5 Å². The van der Waals surface area contributed by atoms with Gasteiger partial charge in [-0.15, -0.1) is 0 Å². The molecule has 0 amide bonds. The Morgan fingerprint density at radius 1 is 1.05 bits per heavy atom. The number of aryl methyl sites for hydroxylation is 1. The number of rotatable bonds is 7. The van der Waals surface area contributed by atoms with Gasteiger partial charge in [0.15, 0.2) is 0 Å². The molecular formula is C19H23N3. The summed E-state index contributed by atoms with van der Waals surface area (Å²) in [6, 6.07) is 19.5. The Kier molecular flexibility index (Phi) is 4.86. The number of benzene rings is 2. The number of aromatic nitrogens is 2. The first-order valence-corrected chi connectivity index (χ1v) is 8.00. The number of imidazole rings is 1. The summed E-state index contributed by atoms with van der Waals surface area (Å²) in [4.78, 5) is 4.43. The fourth-order valence-corrected chi connectivity index (χ4v) is 2.75. The molecule has 0 saturated heterocycles. The summed E-state index contributed by atoms with van der Waals surface area (Å²) >= 11 is 0. The normalized spacial score (nSPS) is 12.6. The van der Waals surface area contributed by atoms with Crippen molar-refractivity contribution in [2.75, 3.05) is 6.54 Å². The fourth-order valence-electron chi connectivity index (χ4n) is 2.75. The summed E-state index contributed by atoms with van der Waals surface area (Å²) in [6.45, 7) is 4.18. The minimum Gasteiger partial charge on any atom is -0.329 e. The van der Waals surface area contributed by atoms with Gasteiger partial charge in [0, 0.05) is 19.1 Å². The molecule has 0 aliphatic rings. The molecule has 1 heterocycles. The summed E-state index contributed by atoms with van der Waals surface area (Å²) in [5, 5.41) is 3.61. The van der Waals surface area contributed by atoms with Gasteiger partial charge in [0.1, 0.15) is 0 Å². The first kappa shape index (κ1) is 14.8. The first-order chi connectivity index (χ1) is 10.8. The van der Waals surface area contributed by atoms with Gasteiger partial charge in [0.2, 0.25) is 0 Å². The Hall–Kier alpha value is -2.13. The highest BCUT2D eigenvalue weighted by atomic mass is 15.1. The molecule has 114 valence electrons. The zero-order valence-electron chi connectivity index (χ0n) is 13.1. The SMILES string of the molecule is CC(CCc1ccccc1)NCCn1cnc2ccccc21. The van der Waals surface area contributed by atoms with E-state index < -0.39 is 0 Å². The van der Waals surface area contributed by atoms with Crippen molar-refractivity contribution in [1.29, 1.82) is 0 Å². The molecule has 2 aromatic carbocycles. The molecule has 3 heteroatoms. The standard InChI is InChI=1S/C19H23N3/c1-16(11-12-17-7-3-2-4-8-17)20-13-14-22-15-21-18-9-5-6-10-19(18)22/h2-10,15-16,20H,11-14H2,1H3.